The number of thioether (sulfide) groups is 1. The van der Waals surface area contributed by atoms with Gasteiger partial charge in [0.25, 0.3) is 5.91 Å². The van der Waals surface area contributed by atoms with Crippen LogP contribution in [0.4, 0.5) is 0 Å². The van der Waals surface area contributed by atoms with Gasteiger partial charge in [-0.15, -0.1) is 11.8 Å². The van der Waals surface area contributed by atoms with Gasteiger partial charge in [0.1, 0.15) is 11.1 Å². The molecule has 1 aliphatic heterocycles. The molecule has 1 saturated carbocycles. The fraction of sp³-hybridized carbons (Fsp3) is 0.529. The van der Waals surface area contributed by atoms with E-state index in [9.17, 15) is 14.9 Å². The number of likely N-dealkylation sites (tertiary alicyclic amines) is 1. The number of carbonyl (C=O) groups excluding carboxylic acids is 2. The third-order valence-electron chi connectivity index (χ3n) is 4.65. The number of rotatable bonds is 4. The Kier molecular flexibility index (Phi) is 4.76. The molecule has 1 saturated heterocycles. The summed E-state index contributed by atoms with van der Waals surface area (Å²) in [7, 11) is 0. The number of carbonyl (C=O) groups is 2. The van der Waals surface area contributed by atoms with E-state index in [4.69, 9.17) is 5.73 Å². The number of piperidine rings is 1. The van der Waals surface area contributed by atoms with Gasteiger partial charge in [-0.25, -0.2) is 4.98 Å². The van der Waals surface area contributed by atoms with Crippen molar-refractivity contribution in [2.24, 2.45) is 11.7 Å². The van der Waals surface area contributed by atoms with Crippen LogP contribution in [0.2, 0.25) is 0 Å². The average Bonchev–Trinajstić information content (AvgIpc) is 3.45. The number of primary amides is 1. The molecule has 1 aromatic rings. The predicted molar refractivity (Wildman–Crippen MR) is 90.5 cm³/mol. The number of nitriles is 1. The van der Waals surface area contributed by atoms with Crippen molar-refractivity contribution < 1.29 is 9.59 Å². The van der Waals surface area contributed by atoms with E-state index >= 15 is 0 Å². The summed E-state index contributed by atoms with van der Waals surface area (Å²) in [6.07, 6.45) is 5.47. The van der Waals surface area contributed by atoms with Gasteiger partial charge in [-0.1, -0.05) is 0 Å². The fourth-order valence-corrected chi connectivity index (χ4v) is 3.67. The van der Waals surface area contributed by atoms with Crippen LogP contribution >= 0.6 is 11.8 Å². The lowest BCUT2D eigenvalue weighted by molar-refractivity contribution is -0.123. The van der Waals surface area contributed by atoms with Crippen molar-refractivity contribution in [3.8, 4) is 6.07 Å². The zero-order chi connectivity index (χ0) is 17.3. The Morgan fingerprint density at radius 1 is 1.42 bits per heavy atom. The number of hydrogen-bond donors (Lipinski definition) is 1. The van der Waals surface area contributed by atoms with E-state index in [0.29, 0.717) is 41.6 Å². The minimum Gasteiger partial charge on any atom is -0.369 e. The summed E-state index contributed by atoms with van der Waals surface area (Å²) in [5, 5.41) is 10.1. The van der Waals surface area contributed by atoms with E-state index in [0.717, 1.165) is 25.0 Å². The minimum atomic E-state index is -0.369. The lowest BCUT2D eigenvalue weighted by Gasteiger charge is -2.31. The van der Waals surface area contributed by atoms with E-state index in [2.05, 4.69) is 11.1 Å². The van der Waals surface area contributed by atoms with Crippen molar-refractivity contribution in [1.29, 1.82) is 5.26 Å². The van der Waals surface area contributed by atoms with Crippen molar-refractivity contribution in [3.63, 3.8) is 0 Å². The molecule has 24 heavy (non-hydrogen) atoms. The van der Waals surface area contributed by atoms with Gasteiger partial charge in [0, 0.05) is 24.7 Å². The number of aromatic nitrogens is 1. The third kappa shape index (κ3) is 3.24. The molecule has 2 fully saturated rings. The molecular formula is C17H20N4O2S. The van der Waals surface area contributed by atoms with Gasteiger partial charge < -0.3 is 10.6 Å². The summed E-state index contributed by atoms with van der Waals surface area (Å²) < 4.78 is 0. The molecule has 3 rings (SSSR count). The summed E-state index contributed by atoms with van der Waals surface area (Å²) in [4.78, 5) is 30.6. The number of nitrogens with two attached hydrogens (primary N) is 1. The molecule has 2 aliphatic rings. The number of hydrogen-bond acceptors (Lipinski definition) is 5. The summed E-state index contributed by atoms with van der Waals surface area (Å²) in [5.74, 6) is -0.476. The van der Waals surface area contributed by atoms with Crippen LogP contribution in [0.25, 0.3) is 0 Å². The lowest BCUT2D eigenvalue weighted by atomic mass is 9.96. The second-order valence-corrected chi connectivity index (χ2v) is 7.15. The van der Waals surface area contributed by atoms with E-state index in [1.807, 2.05) is 6.26 Å². The van der Waals surface area contributed by atoms with E-state index in [-0.39, 0.29) is 17.7 Å². The molecule has 6 nitrogen and oxygen atoms in total. The Morgan fingerprint density at radius 3 is 2.75 bits per heavy atom. The second kappa shape index (κ2) is 6.81. The highest BCUT2D eigenvalue weighted by molar-refractivity contribution is 7.98. The van der Waals surface area contributed by atoms with Crippen LogP contribution in [-0.4, -0.2) is 41.0 Å². The highest BCUT2D eigenvalue weighted by atomic mass is 32.2. The normalized spacial score (nSPS) is 20.5. The molecule has 1 atom stereocenters. The van der Waals surface area contributed by atoms with E-state index < -0.39 is 0 Å². The Hall–Kier alpha value is -2.07. The van der Waals surface area contributed by atoms with E-state index in [1.54, 1.807) is 11.0 Å². The zero-order valence-electron chi connectivity index (χ0n) is 13.6. The lowest BCUT2D eigenvalue weighted by Crippen LogP contribution is -2.44. The monoisotopic (exact) mass is 344 g/mol. The number of nitrogens with zero attached hydrogens (tertiary/aromatic N) is 3. The van der Waals surface area contributed by atoms with Crippen molar-refractivity contribution >= 4 is 23.6 Å². The van der Waals surface area contributed by atoms with E-state index in [1.165, 1.54) is 11.8 Å². The van der Waals surface area contributed by atoms with Crippen LogP contribution in [0.5, 0.6) is 0 Å². The van der Waals surface area contributed by atoms with Gasteiger partial charge in [-0.05, 0) is 38.0 Å². The highest BCUT2D eigenvalue weighted by Gasteiger charge is 2.32. The third-order valence-corrected chi connectivity index (χ3v) is 5.33. The number of pyridine rings is 1. The SMILES string of the molecule is CSc1nc(C2CC2)cc(C(=O)N2CCC[C@@H](C(N)=O)C2)c1C#N. The minimum absolute atomic E-state index is 0.197. The molecule has 0 aromatic carbocycles. The van der Waals surface area contributed by atoms with Crippen LogP contribution in [0, 0.1) is 17.2 Å². The van der Waals surface area contributed by atoms with Gasteiger partial charge in [0.15, 0.2) is 0 Å². The molecule has 126 valence electrons. The van der Waals surface area contributed by atoms with Gasteiger partial charge in [0.2, 0.25) is 5.91 Å². The van der Waals surface area contributed by atoms with Crippen molar-refractivity contribution in [3.05, 3.63) is 22.9 Å². The fourth-order valence-electron chi connectivity index (χ4n) is 3.12. The topological polar surface area (TPSA) is 100 Å². The first kappa shape index (κ1) is 16.8. The number of amides is 2. The van der Waals surface area contributed by atoms with Gasteiger partial charge in [0.05, 0.1) is 17.0 Å². The quantitative estimate of drug-likeness (QED) is 0.841. The largest absolute Gasteiger partial charge is 0.369 e. The first-order valence-corrected chi connectivity index (χ1v) is 9.35. The Labute approximate surface area is 145 Å². The Morgan fingerprint density at radius 2 is 2.17 bits per heavy atom. The highest BCUT2D eigenvalue weighted by Crippen LogP contribution is 2.40. The Bertz CT molecular complexity index is 724. The maximum atomic E-state index is 13.0. The summed E-state index contributed by atoms with van der Waals surface area (Å²) in [6, 6.07) is 3.90. The van der Waals surface area contributed by atoms with Gasteiger partial charge in [-0.3, -0.25) is 9.59 Å². The van der Waals surface area contributed by atoms with Crippen LogP contribution in [0.3, 0.4) is 0 Å². The molecule has 1 aliphatic carbocycles. The summed E-state index contributed by atoms with van der Waals surface area (Å²) in [5.41, 5.74) is 7.03. The average molecular weight is 344 g/mol. The molecule has 2 heterocycles. The molecule has 7 heteroatoms. The maximum absolute atomic E-state index is 13.0. The van der Waals surface area contributed by atoms with Crippen molar-refractivity contribution in [1.82, 2.24) is 9.88 Å². The molecule has 0 bridgehead atoms. The second-order valence-electron chi connectivity index (χ2n) is 6.36. The predicted octanol–water partition coefficient (Wildman–Crippen LogP) is 1.89. The van der Waals surface area contributed by atoms with Gasteiger partial charge in [-0.2, -0.15) is 5.26 Å². The first-order chi connectivity index (χ1) is 11.5. The summed E-state index contributed by atoms with van der Waals surface area (Å²) in [6.45, 7) is 0.915. The van der Waals surface area contributed by atoms with Crippen LogP contribution in [0.1, 0.15) is 53.2 Å². The van der Waals surface area contributed by atoms with Crippen LogP contribution in [0.15, 0.2) is 11.1 Å². The van der Waals surface area contributed by atoms with Crippen LogP contribution in [-0.2, 0) is 4.79 Å². The molecule has 1 aromatic heterocycles. The van der Waals surface area contributed by atoms with Crippen molar-refractivity contribution in [2.75, 3.05) is 19.3 Å². The smallest absolute Gasteiger partial charge is 0.255 e. The molecule has 0 unspecified atom stereocenters. The molecule has 0 spiro atoms. The molecule has 0 radical (unpaired) electrons. The molecule has 2 amide bonds. The van der Waals surface area contributed by atoms with Crippen molar-refractivity contribution in [2.45, 2.75) is 36.6 Å². The molecular weight excluding hydrogens is 324 g/mol. The Balaban J connectivity index is 1.95. The van der Waals surface area contributed by atoms with Crippen LogP contribution < -0.4 is 5.73 Å². The molecule has 2 N–H and O–H groups in total. The standard InChI is InChI=1S/C17H20N4O2S/c1-24-16-13(8-18)12(7-14(20-16)10-4-5-10)17(23)21-6-2-3-11(9-21)15(19)22/h7,10-11H,2-6,9H2,1H3,(H2,19,22)/t11-/m1/s1. The maximum Gasteiger partial charge on any atom is 0.255 e. The van der Waals surface area contributed by atoms with Gasteiger partial charge >= 0.3 is 0 Å². The zero-order valence-corrected chi connectivity index (χ0v) is 14.4. The summed E-state index contributed by atoms with van der Waals surface area (Å²) >= 11 is 1.38. The first-order valence-electron chi connectivity index (χ1n) is 8.12.